The van der Waals surface area contributed by atoms with Gasteiger partial charge >= 0.3 is 0 Å². The van der Waals surface area contributed by atoms with Gasteiger partial charge in [-0.25, -0.2) is 22.7 Å². The summed E-state index contributed by atoms with van der Waals surface area (Å²) in [6.45, 7) is 4.86. The summed E-state index contributed by atoms with van der Waals surface area (Å²) in [4.78, 5) is 26.0. The molecule has 2 aromatic rings. The number of likely N-dealkylation sites (tertiary alicyclic amines) is 2. The monoisotopic (exact) mass is 521 g/mol. The number of hydrogen-bond acceptors (Lipinski definition) is 7. The smallest absolute Gasteiger partial charge is 0.272 e. The lowest BCUT2D eigenvalue weighted by Gasteiger charge is -2.43. The average molecular weight is 522 g/mol. The van der Waals surface area contributed by atoms with E-state index in [0.717, 1.165) is 38.8 Å². The number of ether oxygens (including phenoxy) is 1. The Hall–Kier alpha value is -2.27. The van der Waals surface area contributed by atoms with Crippen LogP contribution < -0.4 is 4.74 Å². The van der Waals surface area contributed by atoms with Gasteiger partial charge in [0.05, 0.1) is 6.26 Å². The van der Waals surface area contributed by atoms with Gasteiger partial charge < -0.3 is 14.5 Å². The van der Waals surface area contributed by atoms with E-state index in [-0.39, 0.29) is 11.9 Å². The largest absolute Gasteiger partial charge is 0.439 e. The Bertz CT molecular complexity index is 1150. The van der Waals surface area contributed by atoms with E-state index >= 15 is 0 Å². The Kier molecular flexibility index (Phi) is 7.95. The van der Waals surface area contributed by atoms with Crippen molar-refractivity contribution in [1.29, 1.82) is 0 Å². The number of sulfonamides is 1. The summed E-state index contributed by atoms with van der Waals surface area (Å²) in [6, 6.07) is 7.43. The van der Waals surface area contributed by atoms with E-state index in [9.17, 15) is 13.2 Å². The molecule has 0 N–H and O–H groups in total. The molecule has 0 bridgehead atoms. The molecule has 2 saturated heterocycles. The highest BCUT2D eigenvalue weighted by atomic mass is 35.5. The number of halogens is 1. The van der Waals surface area contributed by atoms with Crippen molar-refractivity contribution in [3.05, 3.63) is 46.9 Å². The topological polar surface area (TPSA) is 95.9 Å². The molecule has 35 heavy (non-hydrogen) atoms. The number of hydrogen-bond donors (Lipinski definition) is 0. The molecule has 1 aromatic heterocycles. The van der Waals surface area contributed by atoms with Crippen LogP contribution in [0.2, 0.25) is 5.02 Å². The van der Waals surface area contributed by atoms with Gasteiger partial charge in [0, 0.05) is 42.8 Å². The van der Waals surface area contributed by atoms with Gasteiger partial charge in [-0.2, -0.15) is 0 Å². The summed E-state index contributed by atoms with van der Waals surface area (Å²) in [7, 11) is -1.50. The lowest BCUT2D eigenvalue weighted by molar-refractivity contribution is 0.0542. The fourth-order valence-electron chi connectivity index (χ4n) is 4.84. The van der Waals surface area contributed by atoms with Crippen LogP contribution in [0.25, 0.3) is 0 Å². The maximum absolute atomic E-state index is 13.3. The van der Waals surface area contributed by atoms with Crippen LogP contribution in [0.1, 0.15) is 41.7 Å². The summed E-state index contributed by atoms with van der Waals surface area (Å²) in [5.41, 5.74) is 0.957. The Balaban J connectivity index is 1.33. The summed E-state index contributed by atoms with van der Waals surface area (Å²) < 4.78 is 31.0. The fourth-order valence-corrected chi connectivity index (χ4v) is 5.71. The molecule has 0 unspecified atom stereocenters. The molecular formula is C24H32ClN5O4S. The first-order chi connectivity index (χ1) is 16.6. The van der Waals surface area contributed by atoms with Crippen molar-refractivity contribution in [2.24, 2.45) is 0 Å². The molecule has 1 aromatic carbocycles. The minimum absolute atomic E-state index is 0.0629. The molecule has 1 amide bonds. The second-order valence-electron chi connectivity index (χ2n) is 9.28. The van der Waals surface area contributed by atoms with E-state index in [4.69, 9.17) is 16.3 Å². The SMILES string of the molecule is Cc1c(Oc2ccc(Cl)cc2)ncnc1C(=O)N1CCC(N2CCC(N(C)S(C)(=O)=O)CC2)CC1. The van der Waals surface area contributed by atoms with Crippen LogP contribution in [-0.4, -0.2) is 90.0 Å². The number of piperidine rings is 2. The highest BCUT2D eigenvalue weighted by Crippen LogP contribution is 2.28. The predicted molar refractivity (Wildman–Crippen MR) is 134 cm³/mol. The number of carbonyl (C=O) groups is 1. The quantitative estimate of drug-likeness (QED) is 0.576. The Morgan fingerprint density at radius 2 is 1.69 bits per heavy atom. The Morgan fingerprint density at radius 3 is 2.29 bits per heavy atom. The fraction of sp³-hybridized carbons (Fsp3) is 0.542. The Morgan fingerprint density at radius 1 is 1.06 bits per heavy atom. The van der Waals surface area contributed by atoms with Gasteiger partial charge in [-0.05, 0) is 70.0 Å². The van der Waals surface area contributed by atoms with Crippen LogP contribution in [0, 0.1) is 6.92 Å². The molecule has 9 nitrogen and oxygen atoms in total. The van der Waals surface area contributed by atoms with Crippen molar-refractivity contribution in [1.82, 2.24) is 24.1 Å². The summed E-state index contributed by atoms with van der Waals surface area (Å²) in [5.74, 6) is 0.821. The van der Waals surface area contributed by atoms with Crippen molar-refractivity contribution in [3.63, 3.8) is 0 Å². The molecule has 3 heterocycles. The van der Waals surface area contributed by atoms with Crippen molar-refractivity contribution in [2.45, 2.75) is 44.7 Å². The van der Waals surface area contributed by atoms with E-state index in [1.165, 1.54) is 16.9 Å². The zero-order valence-corrected chi connectivity index (χ0v) is 21.9. The molecular weight excluding hydrogens is 490 g/mol. The van der Waals surface area contributed by atoms with Gasteiger partial charge in [0.1, 0.15) is 17.8 Å². The van der Waals surface area contributed by atoms with Gasteiger partial charge in [0.15, 0.2) is 0 Å². The number of rotatable bonds is 6. The summed E-state index contributed by atoms with van der Waals surface area (Å²) >= 11 is 5.94. The lowest BCUT2D eigenvalue weighted by Crippen LogP contribution is -2.52. The van der Waals surface area contributed by atoms with E-state index < -0.39 is 10.0 Å². The first kappa shape index (κ1) is 25.8. The van der Waals surface area contributed by atoms with Crippen LogP contribution in [0.3, 0.4) is 0 Å². The first-order valence-electron chi connectivity index (χ1n) is 11.8. The predicted octanol–water partition coefficient (Wildman–Crippen LogP) is 3.19. The molecule has 4 rings (SSSR count). The van der Waals surface area contributed by atoms with E-state index in [0.29, 0.717) is 47.0 Å². The molecule has 0 aliphatic carbocycles. The third-order valence-corrected chi connectivity index (χ3v) is 8.67. The van der Waals surface area contributed by atoms with Crippen molar-refractivity contribution in [2.75, 3.05) is 39.5 Å². The molecule has 0 spiro atoms. The minimum atomic E-state index is -3.17. The van der Waals surface area contributed by atoms with Gasteiger partial charge in [-0.1, -0.05) is 11.6 Å². The number of nitrogens with zero attached hydrogens (tertiary/aromatic N) is 5. The highest BCUT2D eigenvalue weighted by molar-refractivity contribution is 7.88. The lowest BCUT2D eigenvalue weighted by atomic mass is 9.97. The van der Waals surface area contributed by atoms with Crippen LogP contribution in [-0.2, 0) is 10.0 Å². The van der Waals surface area contributed by atoms with Crippen molar-refractivity contribution >= 4 is 27.5 Å². The number of amides is 1. The average Bonchev–Trinajstić information content (AvgIpc) is 2.85. The van der Waals surface area contributed by atoms with Gasteiger partial charge in [0.25, 0.3) is 5.91 Å². The maximum atomic E-state index is 13.3. The van der Waals surface area contributed by atoms with E-state index in [1.54, 1.807) is 38.2 Å². The van der Waals surface area contributed by atoms with Crippen LogP contribution >= 0.6 is 11.6 Å². The van der Waals surface area contributed by atoms with Gasteiger partial charge in [-0.3, -0.25) is 4.79 Å². The molecule has 0 radical (unpaired) electrons. The van der Waals surface area contributed by atoms with Gasteiger partial charge in [0.2, 0.25) is 15.9 Å². The maximum Gasteiger partial charge on any atom is 0.272 e. The zero-order valence-electron chi connectivity index (χ0n) is 20.4. The van der Waals surface area contributed by atoms with E-state index in [2.05, 4.69) is 14.9 Å². The first-order valence-corrected chi connectivity index (χ1v) is 14.1. The van der Waals surface area contributed by atoms with Crippen molar-refractivity contribution < 1.29 is 17.9 Å². The van der Waals surface area contributed by atoms with Crippen LogP contribution in [0.15, 0.2) is 30.6 Å². The van der Waals surface area contributed by atoms with Gasteiger partial charge in [-0.15, -0.1) is 0 Å². The zero-order chi connectivity index (χ0) is 25.2. The van der Waals surface area contributed by atoms with Crippen molar-refractivity contribution in [3.8, 4) is 11.6 Å². The Labute approximate surface area is 212 Å². The number of aromatic nitrogens is 2. The second kappa shape index (κ2) is 10.8. The summed E-state index contributed by atoms with van der Waals surface area (Å²) in [5, 5.41) is 0.613. The molecule has 0 saturated carbocycles. The molecule has 2 fully saturated rings. The number of benzene rings is 1. The standard InChI is InChI=1S/C24H32ClN5O4S/c1-17-22(26-16-27-23(17)34-21-6-4-18(25)5-7-21)24(31)30-14-10-20(11-15-30)29-12-8-19(9-13-29)28(2)35(3,32)33/h4-7,16,19-20H,8-15H2,1-3H3. The van der Waals surface area contributed by atoms with Crippen LogP contribution in [0.4, 0.5) is 0 Å². The normalized spacial score (nSPS) is 18.7. The molecule has 0 atom stereocenters. The molecule has 11 heteroatoms. The third kappa shape index (κ3) is 6.11. The molecule has 2 aliphatic heterocycles. The summed E-state index contributed by atoms with van der Waals surface area (Å²) in [6.07, 6.45) is 6.06. The van der Waals surface area contributed by atoms with Crippen LogP contribution in [0.5, 0.6) is 11.6 Å². The molecule has 190 valence electrons. The minimum Gasteiger partial charge on any atom is -0.439 e. The molecule has 2 aliphatic rings. The second-order valence-corrected chi connectivity index (χ2v) is 11.8. The highest BCUT2D eigenvalue weighted by Gasteiger charge is 2.33. The third-order valence-electron chi connectivity index (χ3n) is 7.07. The van der Waals surface area contributed by atoms with E-state index in [1.807, 2.05) is 4.90 Å². The number of carbonyl (C=O) groups excluding carboxylic acids is 1.